The molecular weight excluding hydrogens is 347 g/mol. The molecule has 0 atom stereocenters. The largest absolute Gasteiger partial charge is 0.282 e. The first-order chi connectivity index (χ1) is 9.46. The molecule has 7 heteroatoms. The summed E-state index contributed by atoms with van der Waals surface area (Å²) in [5.41, 5.74) is 1.02. The van der Waals surface area contributed by atoms with E-state index >= 15 is 0 Å². The van der Waals surface area contributed by atoms with E-state index < -0.39 is 15.8 Å². The van der Waals surface area contributed by atoms with Crippen LogP contribution in [0, 0.1) is 5.82 Å². The molecule has 0 fully saturated rings. The van der Waals surface area contributed by atoms with Crippen LogP contribution in [0.1, 0.15) is 5.69 Å². The molecule has 1 heterocycles. The summed E-state index contributed by atoms with van der Waals surface area (Å²) in [5, 5.41) is 0. The fourth-order valence-corrected chi connectivity index (χ4v) is 3.25. The minimum Gasteiger partial charge on any atom is -0.282 e. The predicted octanol–water partition coefficient (Wildman–Crippen LogP) is 2.97. The first kappa shape index (κ1) is 14.9. The van der Waals surface area contributed by atoms with E-state index in [1.54, 1.807) is 24.4 Å². The summed E-state index contributed by atoms with van der Waals surface area (Å²) >= 11 is 3.12. The fraction of sp³-hybridized carbons (Fsp3) is 0.154. The first-order valence-corrected chi connectivity index (χ1v) is 8.26. The molecule has 20 heavy (non-hydrogen) atoms. The van der Waals surface area contributed by atoms with Crippen LogP contribution in [0.2, 0.25) is 0 Å². The lowest BCUT2D eigenvalue weighted by Gasteiger charge is -2.09. The predicted molar refractivity (Wildman–Crippen MR) is 79.5 cm³/mol. The van der Waals surface area contributed by atoms with Gasteiger partial charge in [0.05, 0.1) is 11.4 Å². The van der Waals surface area contributed by atoms with Gasteiger partial charge in [-0.2, -0.15) is 0 Å². The summed E-state index contributed by atoms with van der Waals surface area (Å²) < 4.78 is 39.6. The Kier molecular flexibility index (Phi) is 4.72. The Morgan fingerprint density at radius 2 is 2.05 bits per heavy atom. The Hall–Kier alpha value is -1.47. The van der Waals surface area contributed by atoms with Crippen molar-refractivity contribution in [1.29, 1.82) is 0 Å². The minimum atomic E-state index is -3.51. The summed E-state index contributed by atoms with van der Waals surface area (Å²) in [5.74, 6) is -0.526. The molecule has 1 aromatic carbocycles. The molecule has 0 spiro atoms. The molecule has 2 aromatic rings. The molecule has 0 unspecified atom stereocenters. The number of nitrogens with one attached hydrogen (secondary N) is 1. The van der Waals surface area contributed by atoms with Crippen LogP contribution in [-0.2, 0) is 16.4 Å². The number of aryl methyl sites for hydroxylation is 1. The lowest BCUT2D eigenvalue weighted by atomic mass is 10.3. The molecule has 0 bridgehead atoms. The average Bonchev–Trinajstić information content (AvgIpc) is 2.41. The van der Waals surface area contributed by atoms with Gasteiger partial charge in [-0.25, -0.2) is 12.8 Å². The minimum absolute atomic E-state index is 0.0895. The van der Waals surface area contributed by atoms with Crippen molar-refractivity contribution < 1.29 is 12.8 Å². The van der Waals surface area contributed by atoms with Crippen LogP contribution < -0.4 is 4.72 Å². The van der Waals surface area contributed by atoms with Gasteiger partial charge in [-0.3, -0.25) is 9.71 Å². The van der Waals surface area contributed by atoms with Crippen molar-refractivity contribution in [1.82, 2.24) is 4.98 Å². The molecular formula is C13H12BrFN2O2S. The van der Waals surface area contributed by atoms with Gasteiger partial charge in [-0.05, 0) is 46.3 Å². The summed E-state index contributed by atoms with van der Waals surface area (Å²) in [6.45, 7) is 0. The molecule has 4 nitrogen and oxygen atoms in total. The molecule has 0 aliphatic carbocycles. The molecule has 2 rings (SSSR count). The maximum atomic E-state index is 12.9. The molecule has 0 amide bonds. The Morgan fingerprint density at radius 1 is 1.25 bits per heavy atom. The summed E-state index contributed by atoms with van der Waals surface area (Å²) in [7, 11) is -3.51. The van der Waals surface area contributed by atoms with E-state index in [4.69, 9.17) is 0 Å². The average molecular weight is 359 g/mol. The zero-order valence-corrected chi connectivity index (χ0v) is 12.8. The van der Waals surface area contributed by atoms with Gasteiger partial charge in [0.25, 0.3) is 0 Å². The second kappa shape index (κ2) is 6.32. The Balaban J connectivity index is 2.04. The molecule has 0 radical (unpaired) electrons. The maximum Gasteiger partial charge on any atom is 0.233 e. The van der Waals surface area contributed by atoms with Gasteiger partial charge in [0.2, 0.25) is 10.0 Å². The number of rotatable bonds is 5. The summed E-state index contributed by atoms with van der Waals surface area (Å²) in [6.07, 6.45) is 1.93. The molecule has 0 saturated carbocycles. The van der Waals surface area contributed by atoms with Crippen LogP contribution >= 0.6 is 15.9 Å². The standard InChI is InChI=1S/C13H12BrFN2O2S/c14-12-9-10(15)4-5-13(12)17-20(18,19)8-6-11-3-1-2-7-16-11/h1-5,7,9,17H,6,8H2. The van der Waals surface area contributed by atoms with Gasteiger partial charge < -0.3 is 0 Å². The van der Waals surface area contributed by atoms with Gasteiger partial charge in [0.15, 0.2) is 0 Å². The van der Waals surface area contributed by atoms with E-state index in [-0.39, 0.29) is 5.75 Å². The lowest BCUT2D eigenvalue weighted by molar-refractivity contribution is 0.600. The molecule has 1 N–H and O–H groups in total. The highest BCUT2D eigenvalue weighted by Crippen LogP contribution is 2.24. The van der Waals surface area contributed by atoms with Crippen LogP contribution in [0.5, 0.6) is 0 Å². The smallest absolute Gasteiger partial charge is 0.233 e. The number of aromatic nitrogens is 1. The SMILES string of the molecule is O=S(=O)(CCc1ccccn1)Nc1ccc(F)cc1Br. The van der Waals surface area contributed by atoms with Crippen molar-refractivity contribution >= 4 is 31.6 Å². The lowest BCUT2D eigenvalue weighted by Crippen LogP contribution is -2.18. The van der Waals surface area contributed by atoms with Gasteiger partial charge in [-0.15, -0.1) is 0 Å². The van der Waals surface area contributed by atoms with E-state index in [2.05, 4.69) is 25.6 Å². The van der Waals surface area contributed by atoms with Crippen LogP contribution in [0.25, 0.3) is 0 Å². The van der Waals surface area contributed by atoms with Gasteiger partial charge in [0.1, 0.15) is 5.82 Å². The van der Waals surface area contributed by atoms with Crippen molar-refractivity contribution in [2.75, 3.05) is 10.5 Å². The van der Waals surface area contributed by atoms with Crippen molar-refractivity contribution in [2.45, 2.75) is 6.42 Å². The number of hydrogen-bond donors (Lipinski definition) is 1. The van der Waals surface area contributed by atoms with Gasteiger partial charge in [-0.1, -0.05) is 6.07 Å². The number of anilines is 1. The summed E-state index contributed by atoms with van der Waals surface area (Å²) in [6, 6.07) is 9.11. The van der Waals surface area contributed by atoms with Crippen LogP contribution in [0.3, 0.4) is 0 Å². The monoisotopic (exact) mass is 358 g/mol. The third-order valence-electron chi connectivity index (χ3n) is 2.55. The van der Waals surface area contributed by atoms with Crippen LogP contribution in [0.4, 0.5) is 10.1 Å². The van der Waals surface area contributed by atoms with Crippen molar-refractivity contribution in [2.24, 2.45) is 0 Å². The van der Waals surface area contributed by atoms with Gasteiger partial charge in [0, 0.05) is 22.8 Å². The molecule has 0 aliphatic heterocycles. The van der Waals surface area contributed by atoms with Crippen molar-refractivity contribution in [3.05, 3.63) is 58.6 Å². The van der Waals surface area contributed by atoms with Crippen LogP contribution in [0.15, 0.2) is 47.1 Å². The number of hydrogen-bond acceptors (Lipinski definition) is 3. The van der Waals surface area contributed by atoms with Crippen molar-refractivity contribution in [3.63, 3.8) is 0 Å². The highest BCUT2D eigenvalue weighted by Gasteiger charge is 2.13. The topological polar surface area (TPSA) is 59.1 Å². The van der Waals surface area contributed by atoms with E-state index in [9.17, 15) is 12.8 Å². The number of nitrogens with zero attached hydrogens (tertiary/aromatic N) is 1. The maximum absolute atomic E-state index is 12.9. The van der Waals surface area contributed by atoms with E-state index in [0.717, 1.165) is 0 Å². The molecule has 106 valence electrons. The Labute approximate surface area is 125 Å². The number of sulfonamides is 1. The highest BCUT2D eigenvalue weighted by atomic mass is 79.9. The second-order valence-corrected chi connectivity index (χ2v) is 6.81. The number of halogens is 2. The fourth-order valence-electron chi connectivity index (χ4n) is 1.58. The molecule has 1 aromatic heterocycles. The molecule has 0 aliphatic rings. The Bertz CT molecular complexity index is 693. The van der Waals surface area contributed by atoms with Crippen molar-refractivity contribution in [3.8, 4) is 0 Å². The zero-order chi connectivity index (χ0) is 14.6. The van der Waals surface area contributed by atoms with E-state index in [1.165, 1.54) is 18.2 Å². The van der Waals surface area contributed by atoms with Crippen LogP contribution in [-0.4, -0.2) is 19.2 Å². The molecule has 0 saturated heterocycles. The summed E-state index contributed by atoms with van der Waals surface area (Å²) in [4.78, 5) is 4.07. The first-order valence-electron chi connectivity index (χ1n) is 5.82. The third kappa shape index (κ3) is 4.28. The quantitative estimate of drug-likeness (QED) is 0.893. The third-order valence-corrected chi connectivity index (χ3v) is 4.48. The van der Waals surface area contributed by atoms with Gasteiger partial charge >= 0.3 is 0 Å². The van der Waals surface area contributed by atoms with E-state index in [1.807, 2.05) is 0 Å². The Morgan fingerprint density at radius 3 is 2.70 bits per heavy atom. The second-order valence-electron chi connectivity index (χ2n) is 4.12. The highest BCUT2D eigenvalue weighted by molar-refractivity contribution is 9.10. The normalized spacial score (nSPS) is 11.3. The zero-order valence-electron chi connectivity index (χ0n) is 10.4. The van der Waals surface area contributed by atoms with E-state index in [0.29, 0.717) is 22.3 Å². The number of benzene rings is 1. The number of pyridine rings is 1.